The Kier molecular flexibility index (Phi) is 3.49. The molecule has 1 N–H and O–H groups in total. The van der Waals surface area contributed by atoms with Crippen molar-refractivity contribution in [1.29, 1.82) is 0 Å². The van der Waals surface area contributed by atoms with Gasteiger partial charge in [-0.2, -0.15) is 0 Å². The predicted molar refractivity (Wildman–Crippen MR) is 65.5 cm³/mol. The fourth-order valence-electron chi connectivity index (χ4n) is 2.22. The summed E-state index contributed by atoms with van der Waals surface area (Å²) < 4.78 is 1.00. The Labute approximate surface area is 103 Å². The zero-order chi connectivity index (χ0) is 11.5. The number of halogens is 1. The van der Waals surface area contributed by atoms with Gasteiger partial charge in [0.05, 0.1) is 6.04 Å². The van der Waals surface area contributed by atoms with Crippen LogP contribution in [0.25, 0.3) is 0 Å². The van der Waals surface area contributed by atoms with E-state index in [2.05, 4.69) is 15.9 Å². The van der Waals surface area contributed by atoms with Crippen LogP contribution < -0.4 is 0 Å². The van der Waals surface area contributed by atoms with Gasteiger partial charge in [0.15, 0.2) is 0 Å². The number of hydrogen-bond acceptors (Lipinski definition) is 1. The summed E-state index contributed by atoms with van der Waals surface area (Å²) in [6.45, 7) is 0.645. The van der Waals surface area contributed by atoms with E-state index in [0.29, 0.717) is 6.54 Å². The molecule has 16 heavy (non-hydrogen) atoms. The Morgan fingerprint density at radius 1 is 1.44 bits per heavy atom. The van der Waals surface area contributed by atoms with E-state index >= 15 is 0 Å². The number of carbonyl (C=O) groups is 1. The second kappa shape index (κ2) is 4.87. The van der Waals surface area contributed by atoms with E-state index in [1.54, 1.807) is 4.90 Å². The highest BCUT2D eigenvalue weighted by Gasteiger charge is 2.27. The van der Waals surface area contributed by atoms with E-state index in [4.69, 9.17) is 5.11 Å². The molecule has 1 aliphatic heterocycles. The summed E-state index contributed by atoms with van der Waals surface area (Å²) in [5.41, 5.74) is 1.08. The molecule has 1 saturated heterocycles. The van der Waals surface area contributed by atoms with Crippen molar-refractivity contribution in [2.24, 2.45) is 0 Å². The molecule has 86 valence electrons. The summed E-state index contributed by atoms with van der Waals surface area (Å²) >= 11 is 3.42. The molecule has 0 spiro atoms. The summed E-state index contributed by atoms with van der Waals surface area (Å²) in [6.07, 6.45) is 2.17. The van der Waals surface area contributed by atoms with Crippen LogP contribution in [-0.4, -0.2) is 22.6 Å². The number of piperidine rings is 1. The SMILES string of the molecule is O=C(O)N1CCCCC1c1cccc(Br)c1. The molecule has 3 nitrogen and oxygen atoms in total. The standard InChI is InChI=1S/C12H14BrNO2/c13-10-5-3-4-9(8-10)11-6-1-2-7-14(11)12(15)16/h3-5,8,11H,1-2,6-7H2,(H,15,16). The van der Waals surface area contributed by atoms with Gasteiger partial charge in [0.1, 0.15) is 0 Å². The van der Waals surface area contributed by atoms with Crippen LogP contribution in [0.3, 0.4) is 0 Å². The average molecular weight is 284 g/mol. The largest absolute Gasteiger partial charge is 0.465 e. The molecule has 0 radical (unpaired) electrons. The minimum atomic E-state index is -0.815. The number of likely N-dealkylation sites (tertiary alicyclic amines) is 1. The first-order chi connectivity index (χ1) is 7.68. The molecule has 1 aromatic carbocycles. The lowest BCUT2D eigenvalue weighted by Crippen LogP contribution is -2.37. The van der Waals surface area contributed by atoms with Gasteiger partial charge in [-0.1, -0.05) is 28.1 Å². The van der Waals surface area contributed by atoms with Crippen molar-refractivity contribution < 1.29 is 9.90 Å². The Balaban J connectivity index is 2.26. The number of amides is 1. The zero-order valence-corrected chi connectivity index (χ0v) is 10.5. The number of carboxylic acid groups (broad SMARTS) is 1. The number of benzene rings is 1. The summed E-state index contributed by atoms with van der Waals surface area (Å²) in [4.78, 5) is 12.7. The van der Waals surface area contributed by atoms with Crippen LogP contribution in [-0.2, 0) is 0 Å². The number of rotatable bonds is 1. The third kappa shape index (κ3) is 2.38. The highest BCUT2D eigenvalue weighted by molar-refractivity contribution is 9.10. The topological polar surface area (TPSA) is 40.5 Å². The summed E-state index contributed by atoms with van der Waals surface area (Å²) in [7, 11) is 0. The van der Waals surface area contributed by atoms with Crippen molar-refractivity contribution in [3.63, 3.8) is 0 Å². The molecular formula is C12H14BrNO2. The third-order valence-corrected chi connectivity index (χ3v) is 3.48. The second-order valence-corrected chi connectivity index (χ2v) is 4.96. The monoisotopic (exact) mass is 283 g/mol. The van der Waals surface area contributed by atoms with Gasteiger partial charge in [-0.05, 0) is 37.0 Å². The van der Waals surface area contributed by atoms with Gasteiger partial charge < -0.3 is 10.0 Å². The lowest BCUT2D eigenvalue weighted by atomic mass is 9.96. The normalized spacial score (nSPS) is 20.8. The molecule has 0 aliphatic carbocycles. The lowest BCUT2D eigenvalue weighted by Gasteiger charge is -2.33. The van der Waals surface area contributed by atoms with Crippen LogP contribution >= 0.6 is 15.9 Å². The molecule has 2 rings (SSSR count). The maximum absolute atomic E-state index is 11.1. The van der Waals surface area contributed by atoms with Crippen LogP contribution in [0.1, 0.15) is 30.9 Å². The van der Waals surface area contributed by atoms with E-state index in [1.807, 2.05) is 24.3 Å². The predicted octanol–water partition coefficient (Wildman–Crippen LogP) is 3.65. The van der Waals surface area contributed by atoms with Crippen LogP contribution in [0.5, 0.6) is 0 Å². The first-order valence-corrected chi connectivity index (χ1v) is 6.23. The summed E-state index contributed by atoms with van der Waals surface area (Å²) in [5.74, 6) is 0. The minimum absolute atomic E-state index is 0.0174. The van der Waals surface area contributed by atoms with Crippen molar-refractivity contribution in [3.8, 4) is 0 Å². The zero-order valence-electron chi connectivity index (χ0n) is 8.90. The highest BCUT2D eigenvalue weighted by atomic mass is 79.9. The van der Waals surface area contributed by atoms with E-state index in [1.165, 1.54) is 0 Å². The maximum atomic E-state index is 11.1. The molecule has 1 atom stereocenters. The van der Waals surface area contributed by atoms with E-state index in [0.717, 1.165) is 29.3 Å². The Bertz CT molecular complexity index is 394. The molecule has 4 heteroatoms. The average Bonchev–Trinajstić information content (AvgIpc) is 2.29. The Morgan fingerprint density at radius 3 is 2.94 bits per heavy atom. The smallest absolute Gasteiger partial charge is 0.407 e. The Hall–Kier alpha value is -1.03. The van der Waals surface area contributed by atoms with Crippen molar-refractivity contribution in [3.05, 3.63) is 34.3 Å². The van der Waals surface area contributed by atoms with Gasteiger partial charge >= 0.3 is 6.09 Å². The van der Waals surface area contributed by atoms with Crippen LogP contribution in [0.4, 0.5) is 4.79 Å². The molecule has 0 aromatic heterocycles. The van der Waals surface area contributed by atoms with E-state index in [-0.39, 0.29) is 6.04 Å². The van der Waals surface area contributed by atoms with Crippen LogP contribution in [0, 0.1) is 0 Å². The fraction of sp³-hybridized carbons (Fsp3) is 0.417. The quantitative estimate of drug-likeness (QED) is 0.855. The van der Waals surface area contributed by atoms with E-state index < -0.39 is 6.09 Å². The molecule has 1 aromatic rings. The first kappa shape index (κ1) is 11.5. The van der Waals surface area contributed by atoms with Gasteiger partial charge in [0.25, 0.3) is 0 Å². The van der Waals surface area contributed by atoms with Crippen molar-refractivity contribution in [2.75, 3.05) is 6.54 Å². The Morgan fingerprint density at radius 2 is 2.25 bits per heavy atom. The number of nitrogens with zero attached hydrogens (tertiary/aromatic N) is 1. The first-order valence-electron chi connectivity index (χ1n) is 5.43. The molecule has 1 heterocycles. The number of hydrogen-bond donors (Lipinski definition) is 1. The molecule has 1 amide bonds. The van der Waals surface area contributed by atoms with Gasteiger partial charge in [-0.3, -0.25) is 0 Å². The summed E-state index contributed by atoms with van der Waals surface area (Å²) in [6, 6.07) is 7.93. The molecule has 0 bridgehead atoms. The lowest BCUT2D eigenvalue weighted by molar-refractivity contribution is 0.106. The second-order valence-electron chi connectivity index (χ2n) is 4.04. The minimum Gasteiger partial charge on any atom is -0.465 e. The van der Waals surface area contributed by atoms with Crippen molar-refractivity contribution >= 4 is 22.0 Å². The molecule has 1 fully saturated rings. The molecular weight excluding hydrogens is 270 g/mol. The van der Waals surface area contributed by atoms with Crippen molar-refractivity contribution in [1.82, 2.24) is 4.90 Å². The van der Waals surface area contributed by atoms with Gasteiger partial charge in [-0.15, -0.1) is 0 Å². The summed E-state index contributed by atoms with van der Waals surface area (Å²) in [5, 5.41) is 9.15. The maximum Gasteiger partial charge on any atom is 0.407 e. The van der Waals surface area contributed by atoms with E-state index in [9.17, 15) is 4.79 Å². The fourth-order valence-corrected chi connectivity index (χ4v) is 2.64. The molecule has 1 unspecified atom stereocenters. The van der Waals surface area contributed by atoms with Gasteiger partial charge in [0.2, 0.25) is 0 Å². The van der Waals surface area contributed by atoms with Gasteiger partial charge in [-0.25, -0.2) is 4.79 Å². The molecule has 1 aliphatic rings. The van der Waals surface area contributed by atoms with Crippen LogP contribution in [0.15, 0.2) is 28.7 Å². The third-order valence-electron chi connectivity index (χ3n) is 2.98. The molecule has 0 saturated carbocycles. The van der Waals surface area contributed by atoms with Gasteiger partial charge in [0, 0.05) is 11.0 Å². The van der Waals surface area contributed by atoms with Crippen LogP contribution in [0.2, 0.25) is 0 Å². The highest BCUT2D eigenvalue weighted by Crippen LogP contribution is 2.31. The van der Waals surface area contributed by atoms with Crippen molar-refractivity contribution in [2.45, 2.75) is 25.3 Å².